The molecule has 0 aliphatic carbocycles. The number of hydrogen-bond donors (Lipinski definition) is 0. The van der Waals surface area contributed by atoms with Gasteiger partial charge in [-0.1, -0.05) is 15.9 Å². The minimum Gasteiger partial charge on any atom is -0.454 e. The van der Waals surface area contributed by atoms with E-state index in [0.717, 1.165) is 39.1 Å². The van der Waals surface area contributed by atoms with Gasteiger partial charge in [-0.2, -0.15) is 0 Å². The summed E-state index contributed by atoms with van der Waals surface area (Å²) in [5.74, 6) is 2.72. The van der Waals surface area contributed by atoms with Crippen LogP contribution in [-0.2, 0) is 17.6 Å². The van der Waals surface area contributed by atoms with Gasteiger partial charge in [0.25, 0.3) is 0 Å². The van der Waals surface area contributed by atoms with Crippen LogP contribution in [0.15, 0.2) is 28.7 Å². The van der Waals surface area contributed by atoms with Gasteiger partial charge in [0.05, 0.1) is 5.92 Å². The van der Waals surface area contributed by atoms with Gasteiger partial charge in [0.1, 0.15) is 0 Å². The lowest BCUT2D eigenvalue weighted by Gasteiger charge is -2.22. The van der Waals surface area contributed by atoms with Gasteiger partial charge in [-0.25, -0.2) is 0 Å². The van der Waals surface area contributed by atoms with Crippen LogP contribution in [0.2, 0.25) is 0 Å². The fraction of sp³-hybridized carbons (Fsp3) is 0.350. The third-order valence-corrected chi connectivity index (χ3v) is 6.10. The molecule has 3 heterocycles. The predicted molar refractivity (Wildman–Crippen MR) is 101 cm³/mol. The zero-order valence-corrected chi connectivity index (χ0v) is 16.4. The van der Waals surface area contributed by atoms with Crippen LogP contribution in [0.4, 0.5) is 0 Å². The van der Waals surface area contributed by atoms with Crippen LogP contribution in [0.1, 0.15) is 22.6 Å². The first-order chi connectivity index (χ1) is 13.1. The van der Waals surface area contributed by atoms with Crippen molar-refractivity contribution < 1.29 is 23.7 Å². The topological polar surface area (TPSA) is 57.2 Å². The number of halogens is 1. The van der Waals surface area contributed by atoms with E-state index < -0.39 is 0 Å². The zero-order valence-electron chi connectivity index (χ0n) is 14.8. The Morgan fingerprint density at radius 1 is 1.00 bits per heavy atom. The number of nitrogens with zero attached hydrogens (tertiary/aromatic N) is 1. The molecule has 140 valence electrons. The second kappa shape index (κ2) is 6.34. The lowest BCUT2D eigenvalue weighted by atomic mass is 9.87. The van der Waals surface area contributed by atoms with Gasteiger partial charge in [0.2, 0.25) is 19.5 Å². The molecule has 1 unspecified atom stereocenters. The molecule has 0 aromatic heterocycles. The zero-order chi connectivity index (χ0) is 18.5. The minimum absolute atomic E-state index is 0.109. The number of amides is 1. The molecule has 6 nitrogen and oxygen atoms in total. The third kappa shape index (κ3) is 2.81. The van der Waals surface area contributed by atoms with Crippen LogP contribution < -0.4 is 18.9 Å². The summed E-state index contributed by atoms with van der Waals surface area (Å²) in [6.45, 7) is 1.14. The fourth-order valence-corrected chi connectivity index (χ4v) is 4.36. The van der Waals surface area contributed by atoms with Crippen molar-refractivity contribution in [2.24, 2.45) is 0 Å². The summed E-state index contributed by atoms with van der Waals surface area (Å²) in [4.78, 5) is 14.9. The van der Waals surface area contributed by atoms with Gasteiger partial charge in [0.15, 0.2) is 23.0 Å². The first-order valence-corrected chi connectivity index (χ1v) is 9.65. The number of benzene rings is 2. The van der Waals surface area contributed by atoms with Crippen LogP contribution in [0, 0.1) is 0 Å². The van der Waals surface area contributed by atoms with Gasteiger partial charge in [-0.15, -0.1) is 0 Å². The van der Waals surface area contributed by atoms with Crippen LogP contribution in [0.5, 0.6) is 23.0 Å². The molecule has 0 bridgehead atoms. The van der Waals surface area contributed by atoms with Crippen LogP contribution in [0.25, 0.3) is 0 Å². The molecule has 1 atom stereocenters. The summed E-state index contributed by atoms with van der Waals surface area (Å²) in [6.07, 6.45) is 1.36. The maximum atomic E-state index is 13.1. The number of ether oxygens (including phenoxy) is 4. The summed E-state index contributed by atoms with van der Waals surface area (Å²) in [6, 6.07) is 7.85. The molecule has 0 N–H and O–H groups in total. The molecule has 0 spiro atoms. The average molecular weight is 432 g/mol. The van der Waals surface area contributed by atoms with Gasteiger partial charge in [-0.3, -0.25) is 4.79 Å². The largest absolute Gasteiger partial charge is 0.454 e. The molecule has 3 aliphatic heterocycles. The van der Waals surface area contributed by atoms with Crippen molar-refractivity contribution in [2.45, 2.75) is 18.8 Å². The Labute approximate surface area is 165 Å². The molecule has 3 aliphatic rings. The van der Waals surface area contributed by atoms with Crippen molar-refractivity contribution >= 4 is 21.8 Å². The maximum Gasteiger partial charge on any atom is 0.231 e. The Bertz CT molecular complexity index is 944. The van der Waals surface area contributed by atoms with Crippen molar-refractivity contribution in [3.8, 4) is 23.0 Å². The highest BCUT2D eigenvalue weighted by atomic mass is 79.9. The Balaban J connectivity index is 1.57. The number of hydrogen-bond acceptors (Lipinski definition) is 5. The summed E-state index contributed by atoms with van der Waals surface area (Å²) in [5, 5.41) is 0. The monoisotopic (exact) mass is 431 g/mol. The quantitative estimate of drug-likeness (QED) is 0.730. The van der Waals surface area contributed by atoms with Gasteiger partial charge < -0.3 is 23.8 Å². The standard InChI is InChI=1S/C20H18BrNO5/c1-22-3-2-11-5-16-18(26-9-24-16)7-13(11)14(20(22)23)4-12-6-17-19(8-15(12)21)27-10-25-17/h5-8,14H,2-4,9-10H2,1H3. The number of carbonyl (C=O) groups excluding carboxylic acids is 1. The molecule has 5 rings (SSSR count). The molecule has 2 aromatic rings. The number of fused-ring (bicyclic) bond motifs is 3. The molecule has 0 saturated carbocycles. The molecule has 27 heavy (non-hydrogen) atoms. The lowest BCUT2D eigenvalue weighted by Crippen LogP contribution is -2.31. The second-order valence-electron chi connectivity index (χ2n) is 6.97. The Morgan fingerprint density at radius 3 is 2.37 bits per heavy atom. The van der Waals surface area contributed by atoms with Crippen LogP contribution in [0.3, 0.4) is 0 Å². The number of likely N-dealkylation sites (N-methyl/N-ethyl adjacent to an activating group) is 1. The van der Waals surface area contributed by atoms with Crippen molar-refractivity contribution in [1.29, 1.82) is 0 Å². The number of rotatable bonds is 2. The van der Waals surface area contributed by atoms with E-state index in [4.69, 9.17) is 18.9 Å². The van der Waals surface area contributed by atoms with Crippen LogP contribution >= 0.6 is 15.9 Å². The van der Waals surface area contributed by atoms with Crippen molar-refractivity contribution in [3.63, 3.8) is 0 Å². The van der Waals surface area contributed by atoms with Gasteiger partial charge in [0, 0.05) is 18.1 Å². The predicted octanol–water partition coefficient (Wildman–Crippen LogP) is 3.25. The van der Waals surface area contributed by atoms with Crippen molar-refractivity contribution in [2.75, 3.05) is 27.2 Å². The van der Waals surface area contributed by atoms with Crippen molar-refractivity contribution in [1.82, 2.24) is 4.90 Å². The van der Waals surface area contributed by atoms with Gasteiger partial charge in [-0.05, 0) is 53.8 Å². The summed E-state index contributed by atoms with van der Waals surface area (Å²) in [5.41, 5.74) is 3.16. The first kappa shape index (κ1) is 16.7. The lowest BCUT2D eigenvalue weighted by molar-refractivity contribution is -0.131. The molecule has 0 saturated heterocycles. The molecule has 0 radical (unpaired) electrons. The molecule has 0 fully saturated rings. The van der Waals surface area contributed by atoms with Gasteiger partial charge >= 0.3 is 0 Å². The smallest absolute Gasteiger partial charge is 0.231 e. The van der Waals surface area contributed by atoms with E-state index in [0.29, 0.717) is 24.5 Å². The number of carbonyl (C=O) groups is 1. The Kier molecular flexibility index (Phi) is 3.93. The Morgan fingerprint density at radius 2 is 1.63 bits per heavy atom. The SMILES string of the molecule is CN1CCc2cc3c(cc2C(Cc2cc4c(cc2Br)OCO4)C1=O)OCO3. The molecular weight excluding hydrogens is 414 g/mol. The highest BCUT2D eigenvalue weighted by molar-refractivity contribution is 9.10. The molecule has 1 amide bonds. The third-order valence-electron chi connectivity index (χ3n) is 5.37. The first-order valence-electron chi connectivity index (χ1n) is 8.85. The fourth-order valence-electron chi connectivity index (χ4n) is 3.87. The normalized spacial score (nSPS) is 19.9. The Hall–Kier alpha value is -2.41. The average Bonchev–Trinajstić information content (AvgIpc) is 3.28. The minimum atomic E-state index is -0.293. The van der Waals surface area contributed by atoms with Crippen molar-refractivity contribution in [3.05, 3.63) is 45.4 Å². The molecular formula is C20H18BrNO5. The van der Waals surface area contributed by atoms with E-state index in [1.54, 1.807) is 4.90 Å². The van der Waals surface area contributed by atoms with E-state index in [1.165, 1.54) is 0 Å². The van der Waals surface area contributed by atoms with E-state index >= 15 is 0 Å². The highest BCUT2D eigenvalue weighted by Crippen LogP contribution is 2.42. The van der Waals surface area contributed by atoms with E-state index in [9.17, 15) is 4.79 Å². The second-order valence-corrected chi connectivity index (χ2v) is 7.82. The summed E-state index contributed by atoms with van der Waals surface area (Å²) >= 11 is 3.62. The van der Waals surface area contributed by atoms with Crippen LogP contribution in [-0.4, -0.2) is 38.0 Å². The van der Waals surface area contributed by atoms with E-state index in [2.05, 4.69) is 15.9 Å². The highest BCUT2D eigenvalue weighted by Gasteiger charge is 2.32. The van der Waals surface area contributed by atoms with E-state index in [1.807, 2.05) is 31.3 Å². The summed E-state index contributed by atoms with van der Waals surface area (Å²) in [7, 11) is 1.86. The van der Waals surface area contributed by atoms with E-state index in [-0.39, 0.29) is 25.4 Å². The molecule has 7 heteroatoms. The summed E-state index contributed by atoms with van der Waals surface area (Å²) < 4.78 is 22.9. The molecule has 2 aromatic carbocycles. The maximum absolute atomic E-state index is 13.1.